The number of benzene rings is 1. The number of rotatable bonds is 5. The number of halogens is 1. The number of thiazole rings is 1. The second kappa shape index (κ2) is 8.19. The molecule has 2 aromatic heterocycles. The van der Waals surface area contributed by atoms with E-state index < -0.39 is 14.9 Å². The summed E-state index contributed by atoms with van der Waals surface area (Å²) in [6.45, 7) is 0.476. The van der Waals surface area contributed by atoms with E-state index in [2.05, 4.69) is 10.3 Å². The molecule has 30 heavy (non-hydrogen) atoms. The van der Waals surface area contributed by atoms with Gasteiger partial charge in [0, 0.05) is 31.1 Å². The molecule has 0 unspecified atom stereocenters. The number of nitrogens with one attached hydrogen (secondary N) is 1. The Bertz CT molecular complexity index is 1230. The smallest absolute Gasteiger partial charge is 0.271 e. The van der Waals surface area contributed by atoms with Crippen LogP contribution in [0.2, 0.25) is 4.34 Å². The van der Waals surface area contributed by atoms with E-state index in [1.165, 1.54) is 33.8 Å². The summed E-state index contributed by atoms with van der Waals surface area (Å²) >= 11 is 8.09. The van der Waals surface area contributed by atoms with E-state index in [1.54, 1.807) is 12.1 Å². The highest BCUT2D eigenvalue weighted by atomic mass is 35.5. The van der Waals surface area contributed by atoms with Gasteiger partial charge in [0.25, 0.3) is 15.7 Å². The summed E-state index contributed by atoms with van der Waals surface area (Å²) in [7, 11) is -3.61. The van der Waals surface area contributed by atoms with Crippen molar-refractivity contribution < 1.29 is 18.1 Å². The number of nitro benzene ring substituents is 1. The third-order valence-corrected chi connectivity index (χ3v) is 9.33. The highest BCUT2D eigenvalue weighted by Gasteiger charge is 2.33. The summed E-state index contributed by atoms with van der Waals surface area (Å²) in [5.74, 6) is -0.579. The summed E-state index contributed by atoms with van der Waals surface area (Å²) < 4.78 is 28.0. The lowest BCUT2D eigenvalue weighted by molar-refractivity contribution is -0.384. The maximum absolute atomic E-state index is 12.7. The maximum atomic E-state index is 12.7. The van der Waals surface area contributed by atoms with Gasteiger partial charge in [-0.1, -0.05) is 22.9 Å². The van der Waals surface area contributed by atoms with Gasteiger partial charge in [-0.3, -0.25) is 14.9 Å². The molecule has 0 aliphatic carbocycles. The van der Waals surface area contributed by atoms with Gasteiger partial charge in [0.05, 0.1) is 19.5 Å². The first-order valence-corrected chi connectivity index (χ1v) is 12.3. The number of carbonyl (C=O) groups is 1. The maximum Gasteiger partial charge on any atom is 0.271 e. The molecule has 0 bridgehead atoms. The molecule has 0 radical (unpaired) electrons. The van der Waals surface area contributed by atoms with E-state index in [0.717, 1.165) is 16.0 Å². The van der Waals surface area contributed by atoms with Gasteiger partial charge in [-0.15, -0.1) is 11.3 Å². The topological polar surface area (TPSA) is 123 Å². The molecule has 3 aromatic rings. The lowest BCUT2D eigenvalue weighted by atomic mass is 9.97. The normalized spacial score (nSPS) is 16.0. The van der Waals surface area contributed by atoms with Crippen LogP contribution in [0.3, 0.4) is 0 Å². The van der Waals surface area contributed by atoms with Crippen molar-refractivity contribution in [2.75, 3.05) is 18.4 Å². The minimum absolute atomic E-state index is 0.0636. The number of piperidine rings is 1. The summed E-state index contributed by atoms with van der Waals surface area (Å²) in [5, 5.41) is 14.0. The summed E-state index contributed by atoms with van der Waals surface area (Å²) in [6, 6.07) is 7.39. The first-order valence-electron chi connectivity index (χ1n) is 8.85. The van der Waals surface area contributed by atoms with Crippen molar-refractivity contribution in [3.63, 3.8) is 0 Å². The molecule has 13 heteroatoms. The number of aromatic nitrogens is 1. The molecule has 0 spiro atoms. The Hall–Kier alpha value is -2.12. The van der Waals surface area contributed by atoms with Gasteiger partial charge in [-0.2, -0.15) is 4.31 Å². The zero-order chi connectivity index (χ0) is 21.5. The Balaban J connectivity index is 1.40. The standard InChI is InChI=1S/C17H15ClN4O5S3/c18-14-3-4-15(29-14)30(26,27)21-7-5-10(6-8-21)16(23)20-17-19-12-9-11(22(24)25)1-2-13(12)28-17/h1-4,9-10H,5-8H2,(H,19,20,23). The Labute approximate surface area is 184 Å². The molecule has 1 saturated heterocycles. The first-order chi connectivity index (χ1) is 14.2. The predicted molar refractivity (Wildman–Crippen MR) is 116 cm³/mol. The van der Waals surface area contributed by atoms with Crippen molar-refractivity contribution in [1.82, 2.24) is 9.29 Å². The van der Waals surface area contributed by atoms with Crippen LogP contribution < -0.4 is 5.32 Å². The number of hydrogen-bond donors (Lipinski definition) is 1. The number of anilines is 1. The molecule has 1 aliphatic heterocycles. The number of carbonyl (C=O) groups excluding carboxylic acids is 1. The van der Waals surface area contributed by atoms with Crippen molar-refractivity contribution in [3.05, 3.63) is 44.8 Å². The van der Waals surface area contributed by atoms with Crippen LogP contribution in [0.5, 0.6) is 0 Å². The van der Waals surface area contributed by atoms with Gasteiger partial charge < -0.3 is 5.32 Å². The molecule has 0 saturated carbocycles. The molecular formula is C17H15ClN4O5S3. The number of nitro groups is 1. The van der Waals surface area contributed by atoms with Crippen LogP contribution in [0.15, 0.2) is 34.5 Å². The Morgan fingerprint density at radius 2 is 1.97 bits per heavy atom. The Kier molecular flexibility index (Phi) is 5.77. The van der Waals surface area contributed by atoms with E-state index in [4.69, 9.17) is 11.6 Å². The van der Waals surface area contributed by atoms with Crippen LogP contribution in [-0.4, -0.2) is 41.6 Å². The van der Waals surface area contributed by atoms with Crippen LogP contribution in [0, 0.1) is 16.0 Å². The van der Waals surface area contributed by atoms with Crippen LogP contribution in [0.4, 0.5) is 10.8 Å². The number of fused-ring (bicyclic) bond motifs is 1. The average Bonchev–Trinajstić information content (AvgIpc) is 3.33. The Morgan fingerprint density at radius 3 is 2.60 bits per heavy atom. The van der Waals surface area contributed by atoms with Crippen LogP contribution >= 0.6 is 34.3 Å². The van der Waals surface area contributed by atoms with Crippen molar-refractivity contribution >= 4 is 71.2 Å². The molecule has 1 fully saturated rings. The third kappa shape index (κ3) is 4.18. The molecule has 1 amide bonds. The van der Waals surface area contributed by atoms with E-state index in [-0.39, 0.29) is 34.8 Å². The van der Waals surface area contributed by atoms with Crippen molar-refractivity contribution in [1.29, 1.82) is 0 Å². The van der Waals surface area contributed by atoms with Crippen LogP contribution in [0.1, 0.15) is 12.8 Å². The molecule has 0 atom stereocenters. The van der Waals surface area contributed by atoms with Gasteiger partial charge in [0.1, 0.15) is 4.21 Å². The van der Waals surface area contributed by atoms with Crippen LogP contribution in [0.25, 0.3) is 10.2 Å². The second-order valence-electron chi connectivity index (χ2n) is 6.65. The van der Waals surface area contributed by atoms with E-state index in [9.17, 15) is 23.3 Å². The summed E-state index contributed by atoms with van der Waals surface area (Å²) in [6.07, 6.45) is 0.779. The number of sulfonamides is 1. The van der Waals surface area contributed by atoms with E-state index in [0.29, 0.717) is 27.8 Å². The molecule has 158 valence electrons. The van der Waals surface area contributed by atoms with Gasteiger partial charge in [-0.25, -0.2) is 13.4 Å². The van der Waals surface area contributed by atoms with Gasteiger partial charge in [-0.05, 0) is 31.0 Å². The fourth-order valence-electron chi connectivity index (χ4n) is 3.21. The molecule has 1 N–H and O–H groups in total. The van der Waals surface area contributed by atoms with Gasteiger partial charge in [0.2, 0.25) is 5.91 Å². The van der Waals surface area contributed by atoms with Crippen molar-refractivity contribution in [2.45, 2.75) is 17.1 Å². The van der Waals surface area contributed by atoms with Gasteiger partial charge >= 0.3 is 0 Å². The number of thiophene rings is 1. The minimum Gasteiger partial charge on any atom is -0.302 e. The molecule has 1 aromatic carbocycles. The fourth-order valence-corrected chi connectivity index (χ4v) is 7.17. The molecule has 9 nitrogen and oxygen atoms in total. The highest BCUT2D eigenvalue weighted by Crippen LogP contribution is 2.32. The number of hydrogen-bond acceptors (Lipinski definition) is 8. The molecular weight excluding hydrogens is 472 g/mol. The largest absolute Gasteiger partial charge is 0.302 e. The second-order valence-corrected chi connectivity index (χ2v) is 11.6. The van der Waals surface area contributed by atoms with Crippen molar-refractivity contribution in [2.24, 2.45) is 5.92 Å². The average molecular weight is 487 g/mol. The number of amides is 1. The lowest BCUT2D eigenvalue weighted by Crippen LogP contribution is -2.41. The lowest BCUT2D eigenvalue weighted by Gasteiger charge is -2.29. The quantitative estimate of drug-likeness (QED) is 0.430. The first kappa shape index (κ1) is 21.1. The molecule has 3 heterocycles. The Morgan fingerprint density at radius 1 is 1.23 bits per heavy atom. The van der Waals surface area contributed by atoms with Crippen LogP contribution in [-0.2, 0) is 14.8 Å². The van der Waals surface area contributed by atoms with Gasteiger partial charge in [0.15, 0.2) is 5.13 Å². The molecule has 4 rings (SSSR count). The zero-order valence-electron chi connectivity index (χ0n) is 15.3. The monoisotopic (exact) mass is 486 g/mol. The van der Waals surface area contributed by atoms with Crippen molar-refractivity contribution in [3.8, 4) is 0 Å². The van der Waals surface area contributed by atoms with E-state index in [1.807, 2.05) is 0 Å². The summed E-state index contributed by atoms with van der Waals surface area (Å²) in [5.41, 5.74) is 0.381. The minimum atomic E-state index is -3.61. The highest BCUT2D eigenvalue weighted by molar-refractivity contribution is 7.91. The van der Waals surface area contributed by atoms with E-state index >= 15 is 0 Å². The fraction of sp³-hybridized carbons (Fsp3) is 0.294. The molecule has 1 aliphatic rings. The number of non-ortho nitro benzene ring substituents is 1. The summed E-state index contributed by atoms with van der Waals surface area (Å²) in [4.78, 5) is 27.3. The predicted octanol–water partition coefficient (Wildman–Crippen LogP) is 3.96. The SMILES string of the molecule is O=C(Nc1nc2cc([N+](=O)[O-])ccc2s1)C1CCN(S(=O)(=O)c2ccc(Cl)s2)CC1. The zero-order valence-corrected chi connectivity index (χ0v) is 18.5. The third-order valence-electron chi connectivity index (χ3n) is 4.78. The number of nitrogens with zero attached hydrogens (tertiary/aromatic N) is 3.